The fourth-order valence-corrected chi connectivity index (χ4v) is 0. The average Bonchev–Trinajstić information content (AvgIpc) is 1.12. The van der Waals surface area contributed by atoms with Crippen molar-refractivity contribution in [2.75, 3.05) is 0 Å². The third-order valence-corrected chi connectivity index (χ3v) is 0. The summed E-state index contributed by atoms with van der Waals surface area (Å²) in [4.78, 5) is 0. The van der Waals surface area contributed by atoms with Crippen molar-refractivity contribution in [3.05, 3.63) is 0 Å². The normalized spacial score (nSPS) is 7.06. The standard InChI is InChI=1S/2ClHO4.Cu.6H2O/c2*2-1(3,4)5;;;;;;;/h2*(H,2,3,4,5);;6*1H2. The van der Waals surface area contributed by atoms with E-state index in [4.69, 9.17) is 37.3 Å². The summed E-state index contributed by atoms with van der Waals surface area (Å²) in [5.41, 5.74) is 0. The zero-order valence-corrected chi connectivity index (χ0v) is 9.85. The zero-order valence-electron chi connectivity index (χ0n) is 7.40. The van der Waals surface area contributed by atoms with E-state index in [1.165, 1.54) is 0 Å². The Labute approximate surface area is 108 Å². The van der Waals surface area contributed by atoms with Gasteiger partial charge in [-0.05, 0) is 0 Å². The molecule has 0 aromatic carbocycles. The van der Waals surface area contributed by atoms with E-state index in [1.807, 2.05) is 0 Å². The van der Waals surface area contributed by atoms with Gasteiger partial charge in [0.2, 0.25) is 0 Å². The third kappa shape index (κ3) is 12000. The smallest absolute Gasteiger partial charge is 0.0777 e. The Hall–Kier alpha value is 0.539. The van der Waals surface area contributed by atoms with Crippen LogP contribution in [0, 0.1) is 20.5 Å². The fraction of sp³-hybridized carbons (Fsp3) is 0. The summed E-state index contributed by atoms with van der Waals surface area (Å²) in [6.07, 6.45) is 0. The molecule has 0 spiro atoms. The van der Waals surface area contributed by atoms with E-state index in [9.17, 15) is 0 Å². The Morgan fingerprint density at radius 1 is 0.471 bits per heavy atom. The summed E-state index contributed by atoms with van der Waals surface area (Å²) in [6.45, 7) is 0. The molecule has 0 rings (SSSR count). The van der Waals surface area contributed by atoms with Crippen LogP contribution >= 0.6 is 0 Å². The third-order valence-electron chi connectivity index (χ3n) is 0. The van der Waals surface area contributed by atoms with Crippen LogP contribution in [0.5, 0.6) is 0 Å². The molecule has 0 bridgehead atoms. The summed E-state index contributed by atoms with van der Waals surface area (Å²) in [6, 6.07) is 0. The van der Waals surface area contributed by atoms with Crippen LogP contribution in [0.25, 0.3) is 0 Å². The van der Waals surface area contributed by atoms with Gasteiger partial charge in [0.15, 0.2) is 0 Å². The van der Waals surface area contributed by atoms with Crippen molar-refractivity contribution < 1.29 is 108 Å². The zero-order chi connectivity index (χ0) is 9.00. The van der Waals surface area contributed by atoms with E-state index in [2.05, 4.69) is 0 Å². The van der Waals surface area contributed by atoms with Gasteiger partial charge < -0.3 is 32.9 Å². The molecule has 123 valence electrons. The molecule has 0 saturated carbocycles. The molecule has 14 nitrogen and oxygen atoms in total. The van der Waals surface area contributed by atoms with Gasteiger partial charge in [-0.1, -0.05) is 0 Å². The first kappa shape index (κ1) is 65.8. The van der Waals surface area contributed by atoms with Crippen LogP contribution in [0.2, 0.25) is 0 Å². The molecule has 0 aromatic rings. The average molecular weight is 373 g/mol. The van der Waals surface area contributed by atoms with Crippen molar-refractivity contribution in [2.45, 2.75) is 0 Å². The monoisotopic (exact) mass is 371 g/mol. The molecule has 0 saturated heterocycles. The molecule has 0 fully saturated rings. The maximum atomic E-state index is 8.60. The van der Waals surface area contributed by atoms with Gasteiger partial charge >= 0.3 is 0 Å². The number of hydrogen-bond donors (Lipinski definition) is 2. The molecule has 0 aliphatic heterocycles. The van der Waals surface area contributed by atoms with E-state index in [0.29, 0.717) is 0 Å². The molecule has 0 amide bonds. The van der Waals surface area contributed by atoms with Crippen LogP contribution in [-0.2, 0) is 17.1 Å². The van der Waals surface area contributed by atoms with Crippen LogP contribution in [0.15, 0.2) is 0 Å². The van der Waals surface area contributed by atoms with Crippen molar-refractivity contribution in [2.24, 2.45) is 0 Å². The second-order valence-corrected chi connectivity index (χ2v) is 2.38. The van der Waals surface area contributed by atoms with E-state index >= 15 is 0 Å². The minimum absolute atomic E-state index is 0. The second-order valence-electron chi connectivity index (χ2n) is 0.792. The van der Waals surface area contributed by atoms with Crippen LogP contribution in [0.1, 0.15) is 0 Å². The Balaban J connectivity index is -0.00000000762. The van der Waals surface area contributed by atoms with Gasteiger partial charge in [0, 0.05) is 17.1 Å². The van der Waals surface area contributed by atoms with Crippen LogP contribution in [-0.4, -0.2) is 42.2 Å². The molecule has 17 heavy (non-hydrogen) atoms. The molecule has 1 radical (unpaired) electrons. The Kier molecular flexibility index (Phi) is 98.3. The minimum Gasteiger partial charge on any atom is -0.412 e. The SMILES string of the molecule is O.O.O.O.O.O.[Cu].[O-][Cl+3]([O-])([O-])O.[O-][Cl+3]([O-])([O-])O. The van der Waals surface area contributed by atoms with E-state index < -0.39 is 20.5 Å². The molecule has 0 atom stereocenters. The number of rotatable bonds is 0. The predicted molar refractivity (Wildman–Crippen MR) is 26.1 cm³/mol. The molecule has 0 aliphatic rings. The van der Waals surface area contributed by atoms with Crippen molar-refractivity contribution >= 4 is 0 Å². The minimum atomic E-state index is -4.69. The van der Waals surface area contributed by atoms with E-state index in [0.717, 1.165) is 0 Å². The van der Waals surface area contributed by atoms with Crippen molar-refractivity contribution in [1.29, 1.82) is 0 Å². The van der Waals surface area contributed by atoms with Crippen LogP contribution in [0.4, 0.5) is 0 Å². The second kappa shape index (κ2) is 25.4. The predicted octanol–water partition coefficient (Wildman–Crippen LogP) is -13.2. The molecular formula is H14Cl2CuO14. The van der Waals surface area contributed by atoms with Gasteiger partial charge in [-0.15, -0.1) is 0 Å². The first-order chi connectivity index (χ1) is 4.00. The van der Waals surface area contributed by atoms with Gasteiger partial charge in [-0.25, -0.2) is 0 Å². The maximum Gasteiger partial charge on any atom is 0.0777 e. The van der Waals surface area contributed by atoms with Crippen LogP contribution in [0.3, 0.4) is 0 Å². The number of halogens is 2. The van der Waals surface area contributed by atoms with Gasteiger partial charge in [0.1, 0.15) is 0 Å². The van der Waals surface area contributed by atoms with Gasteiger partial charge in [-0.3, -0.25) is 0 Å². The summed E-state index contributed by atoms with van der Waals surface area (Å²) < 4.78 is 65.4. The van der Waals surface area contributed by atoms with Gasteiger partial charge in [-0.2, -0.15) is 28.0 Å². The first-order valence-electron chi connectivity index (χ1n) is 1.26. The van der Waals surface area contributed by atoms with Crippen molar-refractivity contribution in [1.82, 2.24) is 0 Å². The van der Waals surface area contributed by atoms with Crippen molar-refractivity contribution in [3.63, 3.8) is 0 Å². The summed E-state index contributed by atoms with van der Waals surface area (Å²) in [7, 11) is -9.39. The quantitative estimate of drug-likeness (QED) is 0.383. The Morgan fingerprint density at radius 2 is 0.471 bits per heavy atom. The Morgan fingerprint density at radius 3 is 0.471 bits per heavy atom. The maximum absolute atomic E-state index is 8.60. The molecule has 0 unspecified atom stereocenters. The summed E-state index contributed by atoms with van der Waals surface area (Å²) in [5.74, 6) is 0. The first-order valence-corrected chi connectivity index (χ1v) is 3.79. The molecule has 14 N–H and O–H groups in total. The molecular weight excluding hydrogens is 358 g/mol. The van der Waals surface area contributed by atoms with E-state index in [-0.39, 0.29) is 49.9 Å². The van der Waals surface area contributed by atoms with Gasteiger partial charge in [0.05, 0.1) is 29.8 Å². The molecule has 0 aromatic heterocycles. The fourth-order valence-electron chi connectivity index (χ4n) is 0. The molecule has 0 heterocycles. The number of hydrogen-bond acceptors (Lipinski definition) is 8. The summed E-state index contributed by atoms with van der Waals surface area (Å²) in [5, 5.41) is 0. The molecule has 0 aliphatic carbocycles. The van der Waals surface area contributed by atoms with Gasteiger partial charge in [0.25, 0.3) is 0 Å². The van der Waals surface area contributed by atoms with Crippen molar-refractivity contribution in [3.8, 4) is 0 Å². The van der Waals surface area contributed by atoms with E-state index in [1.54, 1.807) is 0 Å². The van der Waals surface area contributed by atoms with Crippen LogP contribution < -0.4 is 28.0 Å². The Bertz CT molecular complexity index is 57.2. The topological polar surface area (TPSA) is 368 Å². The summed E-state index contributed by atoms with van der Waals surface area (Å²) >= 11 is 0. The molecule has 17 heteroatoms. The largest absolute Gasteiger partial charge is 0.412 e.